The van der Waals surface area contributed by atoms with Gasteiger partial charge in [-0.25, -0.2) is 4.98 Å². The number of hydrogen-bond acceptors (Lipinski definition) is 3. The Balaban J connectivity index is 0.000000956. The van der Waals surface area contributed by atoms with Crippen molar-refractivity contribution < 1.29 is 0 Å². The molecule has 1 aromatic heterocycles. The van der Waals surface area contributed by atoms with E-state index in [1.165, 1.54) is 5.56 Å². The van der Waals surface area contributed by atoms with Gasteiger partial charge in [-0.3, -0.25) is 4.99 Å². The third-order valence-electron chi connectivity index (χ3n) is 2.90. The van der Waals surface area contributed by atoms with Gasteiger partial charge in [0.1, 0.15) is 5.69 Å². The van der Waals surface area contributed by atoms with Crippen LogP contribution in [0.15, 0.2) is 29.8 Å². The highest BCUT2D eigenvalue weighted by atomic mass is 15.0. The maximum atomic E-state index is 5.53. The summed E-state index contributed by atoms with van der Waals surface area (Å²) in [6, 6.07) is 6.17. The number of aryl methyl sites for hydroxylation is 2. The third kappa shape index (κ3) is 3.14. The van der Waals surface area contributed by atoms with Crippen molar-refractivity contribution in [2.45, 2.75) is 27.7 Å². The molecule has 4 nitrogen and oxygen atoms in total. The van der Waals surface area contributed by atoms with Gasteiger partial charge < -0.3 is 10.3 Å². The molecule has 0 aliphatic rings. The molecule has 20 heavy (non-hydrogen) atoms. The highest BCUT2D eigenvalue weighted by molar-refractivity contribution is 5.77. The van der Waals surface area contributed by atoms with Crippen LogP contribution < -0.4 is 11.2 Å². The van der Waals surface area contributed by atoms with Crippen molar-refractivity contribution in [2.24, 2.45) is 17.8 Å². The maximum absolute atomic E-state index is 5.53. The molecule has 1 aromatic carbocycles. The summed E-state index contributed by atoms with van der Waals surface area (Å²) in [7, 11) is 1.98. The van der Waals surface area contributed by atoms with Gasteiger partial charge in [0.2, 0.25) is 0 Å². The van der Waals surface area contributed by atoms with Crippen molar-refractivity contribution >= 4 is 16.6 Å². The molecule has 0 fully saturated rings. The summed E-state index contributed by atoms with van der Waals surface area (Å²) in [4.78, 5) is 8.95. The molecule has 0 atom stereocenters. The second-order valence-electron chi connectivity index (χ2n) is 4.46. The first-order valence-corrected chi connectivity index (χ1v) is 6.88. The Hall–Kier alpha value is -1.94. The van der Waals surface area contributed by atoms with E-state index in [0.717, 1.165) is 27.8 Å². The largest absolute Gasteiger partial charge is 0.326 e. The van der Waals surface area contributed by atoms with E-state index < -0.39 is 0 Å². The summed E-state index contributed by atoms with van der Waals surface area (Å²) in [6.45, 7) is 12.2. The van der Waals surface area contributed by atoms with Gasteiger partial charge in [0, 0.05) is 7.05 Å². The molecule has 2 N–H and O–H groups in total. The Morgan fingerprint density at radius 2 is 2.05 bits per heavy atom. The number of benzene rings is 1. The van der Waals surface area contributed by atoms with Crippen molar-refractivity contribution in [2.75, 3.05) is 6.67 Å². The van der Waals surface area contributed by atoms with E-state index in [-0.39, 0.29) is 6.67 Å². The molecule has 0 saturated heterocycles. The second-order valence-corrected chi connectivity index (χ2v) is 4.46. The van der Waals surface area contributed by atoms with Gasteiger partial charge in [-0.2, -0.15) is 0 Å². The third-order valence-corrected chi connectivity index (χ3v) is 2.90. The van der Waals surface area contributed by atoms with E-state index in [1.54, 1.807) is 0 Å². The van der Waals surface area contributed by atoms with Crippen LogP contribution in [0.1, 0.15) is 32.0 Å². The number of hydrogen-bond donors (Lipinski definition) is 1. The summed E-state index contributed by atoms with van der Waals surface area (Å²) >= 11 is 0. The number of allylic oxidation sites excluding steroid dienone is 1. The van der Waals surface area contributed by atoms with Crippen LogP contribution in [0.5, 0.6) is 0 Å². The summed E-state index contributed by atoms with van der Waals surface area (Å²) in [5, 5.41) is 0. The summed E-state index contributed by atoms with van der Waals surface area (Å²) < 4.78 is 2.02. The fraction of sp³-hybridized carbons (Fsp3) is 0.375. The molecule has 0 amide bonds. The van der Waals surface area contributed by atoms with E-state index in [9.17, 15) is 0 Å². The Kier molecular flexibility index (Phi) is 5.65. The Bertz CT molecular complexity index is 681. The number of rotatable bonds is 2. The average molecular weight is 272 g/mol. The van der Waals surface area contributed by atoms with Gasteiger partial charge in [0.15, 0.2) is 5.49 Å². The average Bonchev–Trinajstić information content (AvgIpc) is 2.44. The van der Waals surface area contributed by atoms with Gasteiger partial charge in [0.05, 0.1) is 17.7 Å². The van der Waals surface area contributed by atoms with E-state index in [4.69, 9.17) is 5.73 Å². The van der Waals surface area contributed by atoms with Gasteiger partial charge in [-0.05, 0) is 37.1 Å². The lowest BCUT2D eigenvalue weighted by Crippen LogP contribution is -2.25. The molecule has 1 heterocycles. The molecule has 0 bridgehead atoms. The zero-order valence-corrected chi connectivity index (χ0v) is 13.1. The number of aromatic nitrogens is 2. The van der Waals surface area contributed by atoms with Crippen LogP contribution in [0.3, 0.4) is 0 Å². The van der Waals surface area contributed by atoms with Crippen molar-refractivity contribution in [3.05, 3.63) is 41.5 Å². The van der Waals surface area contributed by atoms with Crippen LogP contribution in [-0.2, 0) is 7.05 Å². The molecule has 0 saturated carbocycles. The van der Waals surface area contributed by atoms with Crippen molar-refractivity contribution in [3.8, 4) is 0 Å². The summed E-state index contributed by atoms with van der Waals surface area (Å²) in [5.74, 6) is 0. The highest BCUT2D eigenvalue weighted by Crippen LogP contribution is 2.14. The van der Waals surface area contributed by atoms with Crippen LogP contribution in [0.25, 0.3) is 16.6 Å². The van der Waals surface area contributed by atoms with Crippen molar-refractivity contribution in [3.63, 3.8) is 0 Å². The van der Waals surface area contributed by atoms with E-state index in [2.05, 4.69) is 35.6 Å². The smallest absolute Gasteiger partial charge is 0.155 e. The zero-order chi connectivity index (χ0) is 15.3. The molecular weight excluding hydrogens is 248 g/mol. The first kappa shape index (κ1) is 16.1. The molecule has 108 valence electrons. The zero-order valence-electron chi connectivity index (χ0n) is 13.1. The molecule has 0 aliphatic carbocycles. The fourth-order valence-electron chi connectivity index (χ4n) is 1.99. The molecule has 0 radical (unpaired) electrons. The monoisotopic (exact) mass is 272 g/mol. The molecule has 0 aliphatic heterocycles. The van der Waals surface area contributed by atoms with E-state index >= 15 is 0 Å². The molecule has 2 rings (SSSR count). The van der Waals surface area contributed by atoms with Crippen LogP contribution in [0.4, 0.5) is 0 Å². The van der Waals surface area contributed by atoms with Gasteiger partial charge >= 0.3 is 0 Å². The summed E-state index contributed by atoms with van der Waals surface area (Å²) in [6.07, 6.45) is 0. The predicted molar refractivity (Wildman–Crippen MR) is 86.1 cm³/mol. The van der Waals surface area contributed by atoms with Crippen molar-refractivity contribution in [1.29, 1.82) is 0 Å². The first-order valence-electron chi connectivity index (χ1n) is 6.88. The number of nitrogens with two attached hydrogens (primary N) is 1. The maximum Gasteiger partial charge on any atom is 0.155 e. The van der Waals surface area contributed by atoms with Gasteiger partial charge in [-0.1, -0.05) is 26.5 Å². The highest BCUT2D eigenvalue weighted by Gasteiger charge is 2.07. The first-order chi connectivity index (χ1) is 9.54. The Morgan fingerprint density at radius 1 is 1.40 bits per heavy atom. The molecule has 0 unspecified atom stereocenters. The summed E-state index contributed by atoms with van der Waals surface area (Å²) in [5.41, 5.74) is 11.2. The second kappa shape index (κ2) is 7.01. The Labute approximate surface area is 120 Å². The number of fused-ring (bicyclic) bond motifs is 1. The van der Waals surface area contributed by atoms with E-state index in [1.807, 2.05) is 38.5 Å². The van der Waals surface area contributed by atoms with Gasteiger partial charge in [0.25, 0.3) is 0 Å². The van der Waals surface area contributed by atoms with Crippen molar-refractivity contribution in [1.82, 2.24) is 9.55 Å². The minimum Gasteiger partial charge on any atom is -0.326 e. The lowest BCUT2D eigenvalue weighted by atomic mass is 10.2. The van der Waals surface area contributed by atoms with Crippen LogP contribution in [0.2, 0.25) is 0 Å². The minimum absolute atomic E-state index is 0.243. The SMILES string of the molecule is C=C(C)c1nc2ccc(C)cc2n(C)/c1=N/CN.CC. The van der Waals surface area contributed by atoms with Crippen LogP contribution >= 0.6 is 0 Å². The quantitative estimate of drug-likeness (QED) is 0.914. The molecule has 0 spiro atoms. The molecular formula is C16H24N4. The van der Waals surface area contributed by atoms with E-state index in [0.29, 0.717) is 0 Å². The standard InChI is InChI=1S/C14H18N4.C2H6/c1-9(2)13-14(16-8-15)18(4)12-7-10(3)5-6-11(12)17-13;1-2/h5-7H,1,8,15H2,2-4H3;1-2H3/b16-14+;. The normalized spacial score (nSPS) is 11.2. The number of nitrogens with zero attached hydrogens (tertiary/aromatic N) is 3. The fourth-order valence-corrected chi connectivity index (χ4v) is 1.99. The topological polar surface area (TPSA) is 56.2 Å². The van der Waals surface area contributed by atoms with Crippen LogP contribution in [-0.4, -0.2) is 16.2 Å². The van der Waals surface area contributed by atoms with Crippen LogP contribution in [0, 0.1) is 6.92 Å². The lowest BCUT2D eigenvalue weighted by molar-refractivity contribution is 0.819. The lowest BCUT2D eigenvalue weighted by Gasteiger charge is -2.11. The molecule has 4 heteroatoms. The minimum atomic E-state index is 0.243. The Morgan fingerprint density at radius 3 is 2.60 bits per heavy atom. The molecule has 2 aromatic rings. The predicted octanol–water partition coefficient (Wildman–Crippen LogP) is 2.76. The van der Waals surface area contributed by atoms with Gasteiger partial charge in [-0.15, -0.1) is 0 Å².